The molecule has 0 aromatic heterocycles. The fourth-order valence-corrected chi connectivity index (χ4v) is 2.93. The lowest BCUT2D eigenvalue weighted by molar-refractivity contribution is -0.116. The molecular weight excluding hydrogens is 268 g/mol. The molecule has 0 aliphatic rings. The van der Waals surface area contributed by atoms with Crippen molar-refractivity contribution >= 4 is 5.78 Å². The second-order valence-electron chi connectivity index (χ2n) is 6.63. The van der Waals surface area contributed by atoms with E-state index in [9.17, 15) is 4.79 Å². The highest BCUT2D eigenvalue weighted by Gasteiger charge is 1.99. The molecule has 0 unspecified atom stereocenters. The molecule has 0 N–H and O–H groups in total. The molecule has 0 heterocycles. The Morgan fingerprint density at radius 2 is 1.18 bits per heavy atom. The molecule has 0 saturated heterocycles. The summed E-state index contributed by atoms with van der Waals surface area (Å²) >= 11 is 0. The maximum atomic E-state index is 11.1. The van der Waals surface area contributed by atoms with E-state index in [1.807, 2.05) is 0 Å². The summed E-state index contributed by atoms with van der Waals surface area (Å²) in [5, 5.41) is 0. The smallest absolute Gasteiger partial charge is 0.134 e. The average molecular weight is 303 g/mol. The SMILES string of the molecule is CCCCCCCCCCCCc1ccc(CC(C)=O)cc1. The van der Waals surface area contributed by atoms with Gasteiger partial charge in [0, 0.05) is 6.42 Å². The molecule has 0 fully saturated rings. The number of ketones is 1. The molecule has 0 bridgehead atoms. The number of carbonyl (C=O) groups is 1. The van der Waals surface area contributed by atoms with Crippen LogP contribution in [0.25, 0.3) is 0 Å². The quantitative estimate of drug-likeness (QED) is 0.392. The molecule has 0 aliphatic heterocycles. The van der Waals surface area contributed by atoms with Crippen LogP contribution in [0.2, 0.25) is 0 Å². The minimum Gasteiger partial charge on any atom is -0.300 e. The van der Waals surface area contributed by atoms with Crippen LogP contribution in [0.1, 0.15) is 89.2 Å². The van der Waals surface area contributed by atoms with Crippen LogP contribution >= 0.6 is 0 Å². The minimum absolute atomic E-state index is 0.238. The Hall–Kier alpha value is -1.11. The van der Waals surface area contributed by atoms with E-state index in [1.54, 1.807) is 6.92 Å². The first kappa shape index (κ1) is 18.9. The molecular formula is C21H34O. The molecule has 1 heteroatoms. The van der Waals surface area contributed by atoms with E-state index in [-0.39, 0.29) is 5.78 Å². The number of aryl methyl sites for hydroxylation is 1. The third kappa shape index (κ3) is 9.76. The van der Waals surface area contributed by atoms with E-state index >= 15 is 0 Å². The molecule has 0 saturated carbocycles. The lowest BCUT2D eigenvalue weighted by Crippen LogP contribution is -1.96. The molecule has 1 rings (SSSR count). The Morgan fingerprint density at radius 1 is 0.727 bits per heavy atom. The van der Waals surface area contributed by atoms with Crippen molar-refractivity contribution in [1.82, 2.24) is 0 Å². The zero-order valence-corrected chi connectivity index (χ0v) is 14.7. The molecule has 124 valence electrons. The van der Waals surface area contributed by atoms with Gasteiger partial charge in [-0.1, -0.05) is 89.0 Å². The number of hydrogen-bond acceptors (Lipinski definition) is 1. The monoisotopic (exact) mass is 302 g/mol. The van der Waals surface area contributed by atoms with E-state index in [0.29, 0.717) is 6.42 Å². The summed E-state index contributed by atoms with van der Waals surface area (Å²) in [4.78, 5) is 11.1. The van der Waals surface area contributed by atoms with Crippen LogP contribution in [0.15, 0.2) is 24.3 Å². The Balaban J connectivity index is 1.99. The standard InChI is InChI=1S/C21H34O/c1-3-4-5-6-7-8-9-10-11-12-13-20-14-16-21(17-15-20)18-19(2)22/h14-17H,3-13,18H2,1-2H3. The average Bonchev–Trinajstić information content (AvgIpc) is 2.50. The first-order chi connectivity index (χ1) is 10.7. The van der Waals surface area contributed by atoms with Gasteiger partial charge in [0.25, 0.3) is 0 Å². The maximum absolute atomic E-state index is 11.1. The fraction of sp³-hybridized carbons (Fsp3) is 0.667. The van der Waals surface area contributed by atoms with E-state index in [2.05, 4.69) is 31.2 Å². The van der Waals surface area contributed by atoms with Crippen molar-refractivity contribution in [3.05, 3.63) is 35.4 Å². The van der Waals surface area contributed by atoms with Crippen molar-refractivity contribution in [2.75, 3.05) is 0 Å². The molecule has 0 atom stereocenters. The molecule has 0 aliphatic carbocycles. The third-order valence-electron chi connectivity index (χ3n) is 4.30. The van der Waals surface area contributed by atoms with Gasteiger partial charge in [-0.2, -0.15) is 0 Å². The lowest BCUT2D eigenvalue weighted by atomic mass is 10.0. The second-order valence-corrected chi connectivity index (χ2v) is 6.63. The predicted molar refractivity (Wildman–Crippen MR) is 96.4 cm³/mol. The first-order valence-corrected chi connectivity index (χ1v) is 9.29. The zero-order valence-electron chi connectivity index (χ0n) is 14.7. The van der Waals surface area contributed by atoms with Crippen LogP contribution in [0.5, 0.6) is 0 Å². The predicted octanol–water partition coefficient (Wildman–Crippen LogP) is 6.28. The van der Waals surface area contributed by atoms with Crippen LogP contribution in [-0.4, -0.2) is 5.78 Å². The number of carbonyl (C=O) groups excluding carboxylic acids is 1. The van der Waals surface area contributed by atoms with Gasteiger partial charge in [0.2, 0.25) is 0 Å². The van der Waals surface area contributed by atoms with Gasteiger partial charge < -0.3 is 0 Å². The highest BCUT2D eigenvalue weighted by Crippen LogP contribution is 2.13. The van der Waals surface area contributed by atoms with Crippen molar-refractivity contribution < 1.29 is 4.79 Å². The van der Waals surface area contributed by atoms with E-state index in [4.69, 9.17) is 0 Å². The van der Waals surface area contributed by atoms with Crippen molar-refractivity contribution in [2.24, 2.45) is 0 Å². The molecule has 0 spiro atoms. The summed E-state index contributed by atoms with van der Waals surface area (Å²) in [5.41, 5.74) is 2.55. The highest BCUT2D eigenvalue weighted by atomic mass is 16.1. The molecule has 1 aromatic rings. The fourth-order valence-electron chi connectivity index (χ4n) is 2.93. The van der Waals surface area contributed by atoms with Crippen LogP contribution in [0.3, 0.4) is 0 Å². The molecule has 1 nitrogen and oxygen atoms in total. The van der Waals surface area contributed by atoms with Crippen LogP contribution in [0.4, 0.5) is 0 Å². The number of rotatable bonds is 13. The summed E-state index contributed by atoms with van der Waals surface area (Å²) in [7, 11) is 0. The Bertz CT molecular complexity index is 391. The number of benzene rings is 1. The van der Waals surface area contributed by atoms with Gasteiger partial charge in [-0.3, -0.25) is 4.79 Å². The molecule has 0 amide bonds. The van der Waals surface area contributed by atoms with E-state index in [0.717, 1.165) is 5.56 Å². The molecule has 22 heavy (non-hydrogen) atoms. The largest absolute Gasteiger partial charge is 0.300 e. The minimum atomic E-state index is 0.238. The highest BCUT2D eigenvalue weighted by molar-refractivity contribution is 5.78. The Morgan fingerprint density at radius 3 is 1.68 bits per heavy atom. The van der Waals surface area contributed by atoms with Crippen LogP contribution in [-0.2, 0) is 17.6 Å². The summed E-state index contributed by atoms with van der Waals surface area (Å²) in [6, 6.07) is 8.58. The zero-order chi connectivity index (χ0) is 16.0. The number of hydrogen-bond donors (Lipinski definition) is 0. The van der Waals surface area contributed by atoms with E-state index < -0.39 is 0 Å². The van der Waals surface area contributed by atoms with Crippen molar-refractivity contribution in [2.45, 2.75) is 90.9 Å². The summed E-state index contributed by atoms with van der Waals surface area (Å²) in [6.45, 7) is 3.93. The van der Waals surface area contributed by atoms with Gasteiger partial charge in [-0.25, -0.2) is 0 Å². The second kappa shape index (κ2) is 12.4. The normalized spacial score (nSPS) is 10.8. The van der Waals surface area contributed by atoms with Gasteiger partial charge in [0.05, 0.1) is 0 Å². The maximum Gasteiger partial charge on any atom is 0.134 e. The lowest BCUT2D eigenvalue weighted by Gasteiger charge is -2.04. The molecule has 1 aromatic carbocycles. The van der Waals surface area contributed by atoms with Crippen molar-refractivity contribution in [3.63, 3.8) is 0 Å². The van der Waals surface area contributed by atoms with Crippen molar-refractivity contribution in [3.8, 4) is 0 Å². The summed E-state index contributed by atoms with van der Waals surface area (Å²) in [6.07, 6.45) is 15.6. The summed E-state index contributed by atoms with van der Waals surface area (Å²) < 4.78 is 0. The third-order valence-corrected chi connectivity index (χ3v) is 4.30. The topological polar surface area (TPSA) is 17.1 Å². The van der Waals surface area contributed by atoms with Gasteiger partial charge in [0.1, 0.15) is 5.78 Å². The Labute approximate surface area is 137 Å². The number of Topliss-reactive ketones (excluding diaryl/α,β-unsaturated/α-hetero) is 1. The summed E-state index contributed by atoms with van der Waals surface area (Å²) in [5.74, 6) is 0.238. The van der Waals surface area contributed by atoms with Gasteiger partial charge in [0.15, 0.2) is 0 Å². The van der Waals surface area contributed by atoms with Crippen molar-refractivity contribution in [1.29, 1.82) is 0 Å². The van der Waals surface area contributed by atoms with Gasteiger partial charge in [-0.15, -0.1) is 0 Å². The van der Waals surface area contributed by atoms with E-state index in [1.165, 1.54) is 76.2 Å². The van der Waals surface area contributed by atoms with Crippen LogP contribution in [0, 0.1) is 0 Å². The van der Waals surface area contributed by atoms with Crippen LogP contribution < -0.4 is 0 Å². The van der Waals surface area contributed by atoms with Gasteiger partial charge >= 0.3 is 0 Å². The first-order valence-electron chi connectivity index (χ1n) is 9.29. The number of unbranched alkanes of at least 4 members (excludes halogenated alkanes) is 9. The molecule has 0 radical (unpaired) electrons. The van der Waals surface area contributed by atoms with Gasteiger partial charge in [-0.05, 0) is 30.9 Å². The Kier molecular flexibility index (Phi) is 10.7.